The maximum atomic E-state index is 13.0. The lowest BCUT2D eigenvalue weighted by molar-refractivity contribution is -0.0641. The zero-order chi connectivity index (χ0) is 20.5. The third-order valence-electron chi connectivity index (χ3n) is 4.51. The molecule has 0 spiro atoms. The third-order valence-corrected chi connectivity index (χ3v) is 6.81. The Morgan fingerprint density at radius 1 is 1.43 bits per heavy atom. The van der Waals surface area contributed by atoms with Crippen LogP contribution in [0.2, 0.25) is 5.02 Å². The van der Waals surface area contributed by atoms with Gasteiger partial charge in [0, 0.05) is 6.54 Å². The number of hydrogen-bond acceptors (Lipinski definition) is 6. The van der Waals surface area contributed by atoms with Crippen LogP contribution in [-0.2, 0) is 10.0 Å². The van der Waals surface area contributed by atoms with E-state index in [1.807, 2.05) is 0 Å². The first-order valence-electron chi connectivity index (χ1n) is 8.29. The van der Waals surface area contributed by atoms with E-state index in [9.17, 15) is 18.6 Å². The van der Waals surface area contributed by atoms with Crippen molar-refractivity contribution in [3.8, 4) is 5.75 Å². The molecule has 0 bridgehead atoms. The lowest BCUT2D eigenvalue weighted by Crippen LogP contribution is -2.48. The molecule has 0 aliphatic carbocycles. The summed E-state index contributed by atoms with van der Waals surface area (Å²) in [5, 5.41) is 20.5. The van der Waals surface area contributed by atoms with Crippen molar-refractivity contribution in [2.24, 2.45) is 0 Å². The summed E-state index contributed by atoms with van der Waals surface area (Å²) in [6.45, 7) is 7.46. The molecule has 0 amide bonds. The van der Waals surface area contributed by atoms with Gasteiger partial charge in [0.2, 0.25) is 10.0 Å². The molecular formula is C18H18ClN3O5S. The third kappa shape index (κ3) is 3.83. The van der Waals surface area contributed by atoms with E-state index >= 15 is 0 Å². The van der Waals surface area contributed by atoms with Gasteiger partial charge in [-0.25, -0.2) is 8.42 Å². The number of sulfonamides is 1. The van der Waals surface area contributed by atoms with Crippen molar-refractivity contribution in [3.63, 3.8) is 0 Å². The van der Waals surface area contributed by atoms with Gasteiger partial charge in [-0.2, -0.15) is 4.31 Å². The fraction of sp³-hybridized carbons (Fsp3) is 0.333. The number of halogens is 1. The molecule has 2 heterocycles. The van der Waals surface area contributed by atoms with Crippen LogP contribution in [0.3, 0.4) is 0 Å². The van der Waals surface area contributed by atoms with Gasteiger partial charge in [0.15, 0.2) is 11.9 Å². The van der Waals surface area contributed by atoms with Crippen LogP contribution in [0.15, 0.2) is 41.4 Å². The van der Waals surface area contributed by atoms with E-state index in [1.165, 1.54) is 24.4 Å². The molecule has 2 N–H and O–H groups in total. The lowest BCUT2D eigenvalue weighted by Gasteiger charge is -2.26. The van der Waals surface area contributed by atoms with Crippen molar-refractivity contribution in [1.29, 1.82) is 0 Å². The Bertz CT molecular complexity index is 1020. The van der Waals surface area contributed by atoms with Crippen molar-refractivity contribution in [1.82, 2.24) is 9.29 Å². The average Bonchev–Trinajstić information content (AvgIpc) is 3.00. The lowest BCUT2D eigenvalue weighted by atomic mass is 10.0. The van der Waals surface area contributed by atoms with Crippen molar-refractivity contribution in [2.45, 2.75) is 23.5 Å². The first kappa shape index (κ1) is 20.5. The minimum atomic E-state index is -4.01. The van der Waals surface area contributed by atoms with E-state index in [2.05, 4.69) is 9.83 Å². The van der Waals surface area contributed by atoms with E-state index in [0.717, 1.165) is 9.87 Å². The molecule has 148 valence electrons. The molecule has 1 fully saturated rings. The topological polar surface area (TPSA) is 104 Å². The number of aryl methyl sites for hydroxylation is 1. The van der Waals surface area contributed by atoms with Gasteiger partial charge in [0.1, 0.15) is 16.6 Å². The summed E-state index contributed by atoms with van der Waals surface area (Å²) in [5.41, 5.74) is -0.989. The highest BCUT2D eigenvalue weighted by Crippen LogP contribution is 2.33. The molecule has 1 saturated heterocycles. The summed E-state index contributed by atoms with van der Waals surface area (Å²) in [6, 6.07) is 7.52. The van der Waals surface area contributed by atoms with E-state index in [-0.39, 0.29) is 34.6 Å². The number of aromatic nitrogens is 1. The molecular weight excluding hydrogens is 406 g/mol. The van der Waals surface area contributed by atoms with Gasteiger partial charge in [-0.1, -0.05) is 24.2 Å². The molecule has 1 aromatic heterocycles. The van der Waals surface area contributed by atoms with Crippen LogP contribution in [-0.4, -0.2) is 59.3 Å². The Balaban J connectivity index is 1.87. The van der Waals surface area contributed by atoms with Crippen LogP contribution in [0, 0.1) is 13.5 Å². The largest absolute Gasteiger partial charge is 0.482 e. The fourth-order valence-electron chi connectivity index (χ4n) is 2.94. The summed E-state index contributed by atoms with van der Waals surface area (Å²) in [7, 11) is -4.01. The quantitative estimate of drug-likeness (QED) is 0.710. The zero-order valence-corrected chi connectivity index (χ0v) is 16.5. The SMILES string of the molecule is [C-]#[N+]c1ccc(O[C@H]2CN(S(=O)(=O)c3ccc(C)cc3Cl)C[C@@]2(O)CO)cn1. The minimum Gasteiger partial charge on any atom is -0.482 e. The molecule has 1 aliphatic rings. The smallest absolute Gasteiger partial charge is 0.269 e. The maximum absolute atomic E-state index is 13.0. The van der Waals surface area contributed by atoms with E-state index in [4.69, 9.17) is 22.9 Å². The van der Waals surface area contributed by atoms with Crippen LogP contribution in [0.1, 0.15) is 5.56 Å². The zero-order valence-electron chi connectivity index (χ0n) is 14.9. The fourth-order valence-corrected chi connectivity index (χ4v) is 5.01. The molecule has 10 heteroatoms. The number of aliphatic hydroxyl groups is 2. The van der Waals surface area contributed by atoms with Crippen LogP contribution < -0.4 is 4.74 Å². The second-order valence-corrected chi connectivity index (χ2v) is 8.88. The molecule has 3 rings (SSSR count). The van der Waals surface area contributed by atoms with Gasteiger partial charge < -0.3 is 19.8 Å². The first-order valence-corrected chi connectivity index (χ1v) is 10.1. The molecule has 1 aromatic carbocycles. The Morgan fingerprint density at radius 2 is 2.18 bits per heavy atom. The predicted molar refractivity (Wildman–Crippen MR) is 102 cm³/mol. The monoisotopic (exact) mass is 423 g/mol. The van der Waals surface area contributed by atoms with Crippen molar-refractivity contribution >= 4 is 27.4 Å². The molecule has 0 saturated carbocycles. The number of benzene rings is 1. The molecule has 8 nitrogen and oxygen atoms in total. The summed E-state index contributed by atoms with van der Waals surface area (Å²) in [4.78, 5) is 6.97. The van der Waals surface area contributed by atoms with Crippen LogP contribution >= 0.6 is 11.6 Å². The Morgan fingerprint density at radius 3 is 2.75 bits per heavy atom. The van der Waals surface area contributed by atoms with Gasteiger partial charge >= 0.3 is 0 Å². The standard InChI is InChI=1S/C18H18ClN3O5S/c1-12-3-5-15(14(19)7-12)28(25,26)22-9-16(18(24,10-22)11-23)27-13-4-6-17(20-2)21-8-13/h3-8,16,23-24H,9-11H2,1H3/t16-,18+/m0/s1. The number of hydrogen-bond donors (Lipinski definition) is 2. The average molecular weight is 424 g/mol. The predicted octanol–water partition coefficient (Wildman–Crippen LogP) is 1.77. The molecule has 0 unspecified atom stereocenters. The number of rotatable bonds is 5. The van der Waals surface area contributed by atoms with E-state index in [0.29, 0.717) is 0 Å². The number of pyridine rings is 1. The second kappa shape index (κ2) is 7.66. The van der Waals surface area contributed by atoms with Crippen molar-refractivity contribution in [2.75, 3.05) is 19.7 Å². The number of ether oxygens (including phenoxy) is 1. The highest BCUT2D eigenvalue weighted by atomic mass is 35.5. The normalized spacial score (nSPS) is 22.8. The highest BCUT2D eigenvalue weighted by molar-refractivity contribution is 7.89. The number of β-amino-alcohol motifs (C(OH)–C–C–N with tert-alkyl or cyclic N) is 1. The summed E-state index contributed by atoms with van der Waals surface area (Å²) >= 11 is 6.11. The van der Waals surface area contributed by atoms with Gasteiger partial charge in [-0.15, -0.1) is 4.98 Å². The van der Waals surface area contributed by atoms with Gasteiger partial charge in [-0.05, 0) is 36.8 Å². The number of aliphatic hydroxyl groups excluding tert-OH is 1. The van der Waals surface area contributed by atoms with Gasteiger partial charge in [0.25, 0.3) is 5.82 Å². The molecule has 2 atom stereocenters. The summed E-state index contributed by atoms with van der Waals surface area (Å²) in [6.07, 6.45) is 0.274. The molecule has 0 radical (unpaired) electrons. The van der Waals surface area contributed by atoms with Crippen molar-refractivity contribution < 1.29 is 23.4 Å². The van der Waals surface area contributed by atoms with Crippen LogP contribution in [0.4, 0.5) is 5.82 Å². The van der Waals surface area contributed by atoms with Crippen LogP contribution in [0.25, 0.3) is 4.85 Å². The Hall–Kier alpha value is -2.22. The van der Waals surface area contributed by atoms with Gasteiger partial charge in [-0.3, -0.25) is 0 Å². The Labute approximate surface area is 167 Å². The van der Waals surface area contributed by atoms with E-state index < -0.39 is 28.3 Å². The second-order valence-electron chi connectivity index (χ2n) is 6.56. The van der Waals surface area contributed by atoms with E-state index in [1.54, 1.807) is 19.1 Å². The van der Waals surface area contributed by atoms with Crippen LogP contribution in [0.5, 0.6) is 5.75 Å². The highest BCUT2D eigenvalue weighted by Gasteiger charge is 2.51. The minimum absolute atomic E-state index is 0.0795. The maximum Gasteiger partial charge on any atom is 0.269 e. The molecule has 2 aromatic rings. The Kier molecular flexibility index (Phi) is 5.61. The molecule has 1 aliphatic heterocycles. The summed E-state index contributed by atoms with van der Waals surface area (Å²) < 4.78 is 32.7. The van der Waals surface area contributed by atoms with Gasteiger partial charge in [0.05, 0.1) is 18.2 Å². The number of nitrogens with zero attached hydrogens (tertiary/aromatic N) is 3. The first-order chi connectivity index (χ1) is 13.2. The van der Waals surface area contributed by atoms with Crippen molar-refractivity contribution in [3.05, 3.63) is 58.5 Å². The summed E-state index contributed by atoms with van der Waals surface area (Å²) in [5.74, 6) is 0.423. The molecule has 28 heavy (non-hydrogen) atoms.